The third-order valence-electron chi connectivity index (χ3n) is 2.63. The minimum atomic E-state index is -3.61. The summed E-state index contributed by atoms with van der Waals surface area (Å²) in [6.07, 6.45) is 6.83. The van der Waals surface area contributed by atoms with Gasteiger partial charge >= 0.3 is 10.2 Å². The highest BCUT2D eigenvalue weighted by Gasteiger charge is 2.29. The molecule has 3 heterocycles. The van der Waals surface area contributed by atoms with Crippen molar-refractivity contribution in [2.45, 2.75) is 6.54 Å². The Hall–Kier alpha value is -1.86. The minimum Gasteiger partial charge on any atom is -0.326 e. The van der Waals surface area contributed by atoms with E-state index in [0.717, 1.165) is 5.56 Å². The second kappa shape index (κ2) is 4.36. The van der Waals surface area contributed by atoms with E-state index in [0.29, 0.717) is 23.2 Å². The molecule has 0 atom stereocenters. The molecule has 19 heavy (non-hydrogen) atoms. The van der Waals surface area contributed by atoms with Crippen LogP contribution in [0.1, 0.15) is 5.56 Å². The highest BCUT2D eigenvalue weighted by atomic mass is 35.5. The SMILES string of the molecule is O=S1(=O)N=C2C(=CC=CN2Cc2ccc(Cl)nc2)N1. The van der Waals surface area contributed by atoms with Crippen molar-refractivity contribution < 1.29 is 8.42 Å². The van der Waals surface area contributed by atoms with Gasteiger partial charge in [0.05, 0.1) is 12.2 Å². The van der Waals surface area contributed by atoms with Crippen LogP contribution in [0.5, 0.6) is 0 Å². The molecule has 3 rings (SSSR count). The van der Waals surface area contributed by atoms with Crippen LogP contribution in [-0.4, -0.2) is 24.1 Å². The van der Waals surface area contributed by atoms with Gasteiger partial charge < -0.3 is 4.90 Å². The van der Waals surface area contributed by atoms with Crippen molar-refractivity contribution in [2.75, 3.05) is 0 Å². The molecule has 1 N–H and O–H groups in total. The Bertz CT molecular complexity index is 707. The highest BCUT2D eigenvalue weighted by molar-refractivity contribution is 7.88. The molecule has 0 fully saturated rings. The summed E-state index contributed by atoms with van der Waals surface area (Å²) >= 11 is 5.72. The molecule has 0 saturated heterocycles. The molecule has 0 radical (unpaired) electrons. The van der Waals surface area contributed by atoms with Gasteiger partial charge in [-0.1, -0.05) is 17.7 Å². The number of halogens is 1. The molecule has 0 saturated carbocycles. The predicted molar refractivity (Wildman–Crippen MR) is 71.5 cm³/mol. The molecule has 1 aromatic rings. The van der Waals surface area contributed by atoms with Gasteiger partial charge in [0, 0.05) is 12.4 Å². The Morgan fingerprint density at radius 1 is 1.37 bits per heavy atom. The van der Waals surface area contributed by atoms with Crippen molar-refractivity contribution in [1.29, 1.82) is 0 Å². The van der Waals surface area contributed by atoms with Crippen molar-refractivity contribution in [2.24, 2.45) is 4.40 Å². The maximum atomic E-state index is 11.4. The molecule has 2 aliphatic rings. The van der Waals surface area contributed by atoms with Crippen LogP contribution < -0.4 is 4.72 Å². The number of aromatic nitrogens is 1. The molecular weight excluding hydrogens is 288 g/mol. The Kier molecular flexibility index (Phi) is 2.79. The quantitative estimate of drug-likeness (QED) is 0.832. The summed E-state index contributed by atoms with van der Waals surface area (Å²) in [5.41, 5.74) is 1.38. The fraction of sp³-hybridized carbons (Fsp3) is 0.0909. The number of nitrogens with zero attached hydrogens (tertiary/aromatic N) is 3. The lowest BCUT2D eigenvalue weighted by Crippen LogP contribution is -2.29. The van der Waals surface area contributed by atoms with E-state index < -0.39 is 10.2 Å². The smallest absolute Gasteiger partial charge is 0.326 e. The van der Waals surface area contributed by atoms with Gasteiger partial charge in [-0.15, -0.1) is 4.40 Å². The normalized spacial score (nSPS) is 19.5. The summed E-state index contributed by atoms with van der Waals surface area (Å²) in [4.78, 5) is 5.72. The van der Waals surface area contributed by atoms with Crippen molar-refractivity contribution >= 4 is 27.6 Å². The average molecular weight is 297 g/mol. The van der Waals surface area contributed by atoms with Gasteiger partial charge in [-0.25, -0.2) is 4.98 Å². The lowest BCUT2D eigenvalue weighted by Gasteiger charge is -2.22. The first-order valence-electron chi connectivity index (χ1n) is 5.42. The standard InChI is InChI=1S/C11H9ClN4O2S/c12-10-4-3-8(6-13-10)7-16-5-1-2-9-11(16)15-19(17,18)14-9/h1-6,14H,7H2. The van der Waals surface area contributed by atoms with Gasteiger partial charge in [-0.05, 0) is 23.8 Å². The lowest BCUT2D eigenvalue weighted by atomic mass is 10.2. The minimum absolute atomic E-state index is 0.387. The number of fused-ring (bicyclic) bond motifs is 1. The molecule has 2 aliphatic heterocycles. The molecule has 98 valence electrons. The number of allylic oxidation sites excluding steroid dienone is 2. The van der Waals surface area contributed by atoms with Crippen molar-refractivity contribution in [3.8, 4) is 0 Å². The molecule has 0 amide bonds. The Labute approximate surface area is 115 Å². The fourth-order valence-electron chi connectivity index (χ4n) is 1.82. The van der Waals surface area contributed by atoms with E-state index >= 15 is 0 Å². The van der Waals surface area contributed by atoms with Crippen LogP contribution in [0, 0.1) is 0 Å². The van der Waals surface area contributed by atoms with Gasteiger partial charge in [0.25, 0.3) is 0 Å². The van der Waals surface area contributed by atoms with E-state index in [9.17, 15) is 8.42 Å². The Balaban J connectivity index is 1.88. The Morgan fingerprint density at radius 2 is 2.21 bits per heavy atom. The summed E-state index contributed by atoms with van der Waals surface area (Å²) < 4.78 is 28.9. The van der Waals surface area contributed by atoms with E-state index in [-0.39, 0.29) is 0 Å². The zero-order chi connectivity index (χ0) is 13.5. The second-order valence-electron chi connectivity index (χ2n) is 4.03. The van der Waals surface area contributed by atoms with Gasteiger partial charge in [-0.2, -0.15) is 8.42 Å². The van der Waals surface area contributed by atoms with E-state index in [2.05, 4.69) is 14.1 Å². The molecule has 0 bridgehead atoms. The molecule has 8 heteroatoms. The van der Waals surface area contributed by atoms with Crippen LogP contribution >= 0.6 is 11.6 Å². The number of nitrogens with one attached hydrogen (secondary N) is 1. The predicted octanol–water partition coefficient (Wildman–Crippen LogP) is 1.19. The van der Waals surface area contributed by atoms with Gasteiger partial charge in [0.15, 0.2) is 5.84 Å². The van der Waals surface area contributed by atoms with E-state index in [1.54, 1.807) is 35.5 Å². The van der Waals surface area contributed by atoms with Crippen LogP contribution in [0.3, 0.4) is 0 Å². The van der Waals surface area contributed by atoms with Crippen molar-refractivity contribution in [3.63, 3.8) is 0 Å². The third-order valence-corrected chi connectivity index (χ3v) is 3.74. The number of rotatable bonds is 2. The monoisotopic (exact) mass is 296 g/mol. The van der Waals surface area contributed by atoms with Crippen LogP contribution in [0.15, 0.2) is 46.8 Å². The second-order valence-corrected chi connectivity index (χ2v) is 5.76. The largest absolute Gasteiger partial charge is 0.344 e. The molecule has 0 unspecified atom stereocenters. The van der Waals surface area contributed by atoms with Crippen molar-refractivity contribution in [1.82, 2.24) is 14.6 Å². The first-order valence-corrected chi connectivity index (χ1v) is 7.24. The topological polar surface area (TPSA) is 74.7 Å². The van der Waals surface area contributed by atoms with Gasteiger partial charge in [0.2, 0.25) is 0 Å². The number of amidine groups is 1. The Morgan fingerprint density at radius 3 is 2.95 bits per heavy atom. The molecule has 0 spiro atoms. The number of hydrogen-bond donors (Lipinski definition) is 1. The summed E-state index contributed by atoms with van der Waals surface area (Å²) in [6.45, 7) is 0.466. The number of hydrogen-bond acceptors (Lipinski definition) is 4. The first-order chi connectivity index (χ1) is 9.03. The zero-order valence-electron chi connectivity index (χ0n) is 9.62. The number of pyridine rings is 1. The van der Waals surface area contributed by atoms with Gasteiger partial charge in [-0.3, -0.25) is 4.72 Å². The summed E-state index contributed by atoms with van der Waals surface area (Å²) in [5.74, 6) is 0.387. The molecule has 0 aliphatic carbocycles. The fourth-order valence-corrected chi connectivity index (χ4v) is 2.85. The highest BCUT2D eigenvalue weighted by Crippen LogP contribution is 2.19. The van der Waals surface area contributed by atoms with Crippen LogP contribution in [0.25, 0.3) is 0 Å². The maximum Gasteiger partial charge on any atom is 0.344 e. The third kappa shape index (κ3) is 2.47. The van der Waals surface area contributed by atoms with Crippen LogP contribution in [0.4, 0.5) is 0 Å². The first kappa shape index (κ1) is 12.2. The van der Waals surface area contributed by atoms with Crippen LogP contribution in [-0.2, 0) is 16.8 Å². The van der Waals surface area contributed by atoms with Gasteiger partial charge in [0.1, 0.15) is 5.15 Å². The lowest BCUT2D eigenvalue weighted by molar-refractivity contribution is 0.549. The van der Waals surface area contributed by atoms with E-state index in [1.807, 2.05) is 6.07 Å². The molecular formula is C11H9ClN4O2S. The summed E-state index contributed by atoms with van der Waals surface area (Å²) in [6, 6.07) is 3.52. The summed E-state index contributed by atoms with van der Waals surface area (Å²) in [7, 11) is -3.61. The van der Waals surface area contributed by atoms with Crippen LogP contribution in [0.2, 0.25) is 5.15 Å². The molecule has 6 nitrogen and oxygen atoms in total. The van der Waals surface area contributed by atoms with E-state index in [1.165, 1.54) is 0 Å². The average Bonchev–Trinajstić information content (AvgIpc) is 2.67. The summed E-state index contributed by atoms with van der Waals surface area (Å²) in [5, 5.41) is 0.418. The van der Waals surface area contributed by atoms with Crippen molar-refractivity contribution in [3.05, 3.63) is 53.1 Å². The maximum absolute atomic E-state index is 11.4. The molecule has 0 aromatic carbocycles. The zero-order valence-corrected chi connectivity index (χ0v) is 11.2. The van der Waals surface area contributed by atoms with E-state index in [4.69, 9.17) is 11.6 Å². The molecule has 1 aromatic heterocycles.